The highest BCUT2D eigenvalue weighted by molar-refractivity contribution is 9.10. The number of hydrogen-bond donors (Lipinski definition) is 1. The maximum atomic E-state index is 12.0. The Kier molecular flexibility index (Phi) is 7.10. The minimum absolute atomic E-state index is 0.0506. The van der Waals surface area contributed by atoms with E-state index in [0.29, 0.717) is 4.47 Å². The number of halogens is 5. The summed E-state index contributed by atoms with van der Waals surface area (Å²) >= 11 is 14.8. The molecule has 0 unspecified atom stereocenters. The zero-order valence-electron chi connectivity index (χ0n) is 9.88. The fourth-order valence-corrected chi connectivity index (χ4v) is 4.22. The summed E-state index contributed by atoms with van der Waals surface area (Å²) in [6, 6.07) is 2.77. The molecule has 0 radical (unpaired) electrons. The van der Waals surface area contributed by atoms with Crippen LogP contribution < -0.4 is 4.72 Å². The predicted molar refractivity (Wildman–Crippen MR) is 76.2 cm³/mol. The molecule has 0 saturated heterocycles. The summed E-state index contributed by atoms with van der Waals surface area (Å²) in [5, 5.41) is -0.101. The van der Waals surface area contributed by atoms with E-state index in [1.165, 1.54) is 12.1 Å². The van der Waals surface area contributed by atoms with Gasteiger partial charge in [-0.15, -0.1) is 0 Å². The molecule has 10 heteroatoms. The van der Waals surface area contributed by atoms with Crippen molar-refractivity contribution in [3.05, 3.63) is 26.7 Å². The van der Waals surface area contributed by atoms with Gasteiger partial charge in [0, 0.05) is 11.0 Å². The van der Waals surface area contributed by atoms with Gasteiger partial charge in [-0.3, -0.25) is 0 Å². The van der Waals surface area contributed by atoms with E-state index in [2.05, 4.69) is 25.4 Å². The van der Waals surface area contributed by atoms with Crippen molar-refractivity contribution in [1.29, 1.82) is 0 Å². The van der Waals surface area contributed by atoms with Gasteiger partial charge in [-0.05, 0) is 12.1 Å². The van der Waals surface area contributed by atoms with Crippen molar-refractivity contribution in [1.82, 2.24) is 4.72 Å². The lowest BCUT2D eigenvalue weighted by atomic mass is 10.4. The third kappa shape index (κ3) is 5.42. The molecule has 0 bridgehead atoms. The van der Waals surface area contributed by atoms with Gasteiger partial charge < -0.3 is 4.74 Å². The monoisotopic (exact) mass is 411 g/mol. The number of alkyl halides is 2. The number of hydrogen-bond acceptors (Lipinski definition) is 3. The van der Waals surface area contributed by atoms with Crippen molar-refractivity contribution in [2.75, 3.05) is 19.8 Å². The van der Waals surface area contributed by atoms with Crippen molar-refractivity contribution in [2.45, 2.75) is 11.3 Å². The minimum atomic E-state index is -3.94. The van der Waals surface area contributed by atoms with Crippen LogP contribution in [0.2, 0.25) is 10.0 Å². The van der Waals surface area contributed by atoms with Crippen LogP contribution in [0.5, 0.6) is 0 Å². The fourth-order valence-electron chi connectivity index (χ4n) is 1.28. The van der Waals surface area contributed by atoms with E-state index >= 15 is 0 Å². The Morgan fingerprint density at radius 2 is 1.85 bits per heavy atom. The largest absolute Gasteiger partial charge is 0.374 e. The molecule has 1 N–H and O–H groups in total. The molecule has 1 rings (SSSR count). The van der Waals surface area contributed by atoms with E-state index in [4.69, 9.17) is 23.2 Å². The Labute approximate surface area is 133 Å². The SMILES string of the molecule is O=S(=O)(NCCOCC(F)F)c1c(Cl)cc(Br)cc1Cl. The highest BCUT2D eigenvalue weighted by Gasteiger charge is 2.21. The van der Waals surface area contributed by atoms with Crippen molar-refractivity contribution in [3.8, 4) is 0 Å². The van der Waals surface area contributed by atoms with Gasteiger partial charge in [0.25, 0.3) is 6.43 Å². The van der Waals surface area contributed by atoms with Gasteiger partial charge in [0.1, 0.15) is 11.5 Å². The van der Waals surface area contributed by atoms with Crippen LogP contribution >= 0.6 is 39.1 Å². The van der Waals surface area contributed by atoms with Crippen molar-refractivity contribution >= 4 is 49.2 Å². The minimum Gasteiger partial charge on any atom is -0.374 e. The van der Waals surface area contributed by atoms with Crippen LogP contribution in [0, 0.1) is 0 Å². The third-order valence-electron chi connectivity index (χ3n) is 2.01. The number of ether oxygens (including phenoxy) is 1. The van der Waals surface area contributed by atoms with E-state index in [1.54, 1.807) is 0 Å². The van der Waals surface area contributed by atoms with Gasteiger partial charge in [-0.2, -0.15) is 0 Å². The Balaban J connectivity index is 2.70. The molecule has 0 heterocycles. The second kappa shape index (κ2) is 7.86. The average molecular weight is 413 g/mol. The van der Waals surface area contributed by atoms with Crippen molar-refractivity contribution in [2.24, 2.45) is 0 Å². The maximum absolute atomic E-state index is 12.0. The molecule has 1 aromatic carbocycles. The molecule has 114 valence electrons. The van der Waals surface area contributed by atoms with Gasteiger partial charge in [0.15, 0.2) is 0 Å². The van der Waals surface area contributed by atoms with Crippen LogP contribution in [0.1, 0.15) is 0 Å². The van der Waals surface area contributed by atoms with E-state index in [9.17, 15) is 17.2 Å². The van der Waals surface area contributed by atoms with Gasteiger partial charge in [0.05, 0.1) is 16.7 Å². The molecule has 0 aliphatic heterocycles. The Bertz CT molecular complexity index is 549. The lowest BCUT2D eigenvalue weighted by Crippen LogP contribution is -2.28. The van der Waals surface area contributed by atoms with E-state index in [-0.39, 0.29) is 28.1 Å². The van der Waals surface area contributed by atoms with E-state index in [0.717, 1.165) is 0 Å². The molecule has 1 aromatic rings. The maximum Gasteiger partial charge on any atom is 0.261 e. The highest BCUT2D eigenvalue weighted by Crippen LogP contribution is 2.32. The number of rotatable bonds is 7. The van der Waals surface area contributed by atoms with Crippen LogP contribution in [0.4, 0.5) is 8.78 Å². The zero-order valence-corrected chi connectivity index (χ0v) is 13.8. The van der Waals surface area contributed by atoms with Crippen LogP contribution in [-0.2, 0) is 14.8 Å². The molecule has 0 aromatic heterocycles. The zero-order chi connectivity index (χ0) is 15.3. The van der Waals surface area contributed by atoms with Gasteiger partial charge in [-0.25, -0.2) is 21.9 Å². The highest BCUT2D eigenvalue weighted by atomic mass is 79.9. The molecule has 0 aliphatic carbocycles. The van der Waals surface area contributed by atoms with Crippen LogP contribution in [0.25, 0.3) is 0 Å². The first-order valence-electron chi connectivity index (χ1n) is 5.24. The van der Waals surface area contributed by atoms with Crippen LogP contribution in [0.15, 0.2) is 21.5 Å². The Morgan fingerprint density at radius 3 is 2.35 bits per heavy atom. The molecule has 20 heavy (non-hydrogen) atoms. The standard InChI is InChI=1S/C10H10BrCl2F2NO3S/c11-6-3-7(12)10(8(13)4-6)20(17,18)16-1-2-19-5-9(14)15/h3-4,9,16H,1-2,5H2. The summed E-state index contributed by atoms with van der Waals surface area (Å²) in [6.07, 6.45) is -2.60. The lowest BCUT2D eigenvalue weighted by Gasteiger charge is -2.10. The summed E-state index contributed by atoms with van der Waals surface area (Å²) < 4.78 is 54.8. The summed E-state index contributed by atoms with van der Waals surface area (Å²) in [5.74, 6) is 0. The summed E-state index contributed by atoms with van der Waals surface area (Å²) in [5.41, 5.74) is 0. The topological polar surface area (TPSA) is 55.4 Å². The molecule has 4 nitrogen and oxygen atoms in total. The first-order chi connectivity index (χ1) is 9.24. The smallest absolute Gasteiger partial charge is 0.261 e. The second-order valence-electron chi connectivity index (χ2n) is 3.56. The molecule has 0 aliphatic rings. The van der Waals surface area contributed by atoms with Gasteiger partial charge in [-0.1, -0.05) is 39.1 Å². The number of benzene rings is 1. The normalized spacial score (nSPS) is 12.1. The van der Waals surface area contributed by atoms with Crippen LogP contribution in [-0.4, -0.2) is 34.6 Å². The van der Waals surface area contributed by atoms with Crippen molar-refractivity contribution < 1.29 is 21.9 Å². The Morgan fingerprint density at radius 1 is 1.30 bits per heavy atom. The van der Waals surface area contributed by atoms with Gasteiger partial charge >= 0.3 is 0 Å². The first kappa shape index (κ1) is 18.1. The Hall–Kier alpha value is 0.01000. The summed E-state index contributed by atoms with van der Waals surface area (Å²) in [7, 11) is -3.94. The molecular weight excluding hydrogens is 403 g/mol. The van der Waals surface area contributed by atoms with Crippen LogP contribution in [0.3, 0.4) is 0 Å². The first-order valence-corrected chi connectivity index (χ1v) is 8.27. The molecule has 0 amide bonds. The predicted octanol–water partition coefficient (Wildman–Crippen LogP) is 3.32. The van der Waals surface area contributed by atoms with E-state index in [1.807, 2.05) is 0 Å². The third-order valence-corrected chi connectivity index (χ3v) is 4.85. The van der Waals surface area contributed by atoms with Gasteiger partial charge in [0.2, 0.25) is 10.0 Å². The number of sulfonamides is 1. The fraction of sp³-hybridized carbons (Fsp3) is 0.400. The number of nitrogens with one attached hydrogen (secondary N) is 1. The molecule has 0 spiro atoms. The molecule has 0 atom stereocenters. The molecule has 0 fully saturated rings. The summed E-state index contributed by atoms with van der Waals surface area (Å²) in [6.45, 7) is -1.10. The summed E-state index contributed by atoms with van der Waals surface area (Å²) in [4.78, 5) is -0.266. The molecule has 0 saturated carbocycles. The second-order valence-corrected chi connectivity index (χ2v) is 7.00. The lowest BCUT2D eigenvalue weighted by molar-refractivity contribution is 0.0199. The average Bonchev–Trinajstić information content (AvgIpc) is 2.25. The van der Waals surface area contributed by atoms with Crippen molar-refractivity contribution in [3.63, 3.8) is 0 Å². The molecular formula is C10H10BrCl2F2NO3S. The van der Waals surface area contributed by atoms with E-state index < -0.39 is 23.1 Å². The quantitative estimate of drug-likeness (QED) is 0.699.